The van der Waals surface area contributed by atoms with Gasteiger partial charge >= 0.3 is 5.97 Å². The van der Waals surface area contributed by atoms with E-state index in [2.05, 4.69) is 10.5 Å². The smallest absolute Gasteiger partial charge is 0.343 e. The number of carbonyl (C=O) groups excluding carboxylic acids is 2. The van der Waals surface area contributed by atoms with Crippen LogP contribution >= 0.6 is 0 Å². The summed E-state index contributed by atoms with van der Waals surface area (Å²) in [6.07, 6.45) is 1.50. The van der Waals surface area contributed by atoms with Gasteiger partial charge in [-0.2, -0.15) is 5.10 Å². The van der Waals surface area contributed by atoms with Crippen LogP contribution in [0.4, 0.5) is 0 Å². The van der Waals surface area contributed by atoms with E-state index in [-0.39, 0.29) is 12.5 Å². The van der Waals surface area contributed by atoms with E-state index in [1.165, 1.54) is 6.21 Å². The minimum absolute atomic E-state index is 0.129. The third kappa shape index (κ3) is 5.78. The van der Waals surface area contributed by atoms with Crippen molar-refractivity contribution in [2.45, 2.75) is 13.8 Å². The van der Waals surface area contributed by atoms with Crippen LogP contribution in [0.5, 0.6) is 11.5 Å². The van der Waals surface area contributed by atoms with Crippen LogP contribution in [-0.4, -0.2) is 24.7 Å². The number of nitrogens with one attached hydrogen (secondary N) is 1. The second-order valence-corrected chi connectivity index (χ2v) is 6.60. The molecule has 3 rings (SSSR count). The molecule has 152 valence electrons. The summed E-state index contributed by atoms with van der Waals surface area (Å²) in [4.78, 5) is 23.9. The summed E-state index contributed by atoms with van der Waals surface area (Å²) in [5.41, 5.74) is 5.75. The van der Waals surface area contributed by atoms with Gasteiger partial charge in [0.05, 0.1) is 11.8 Å². The molecule has 0 bridgehead atoms. The minimum atomic E-state index is -0.423. The van der Waals surface area contributed by atoms with Gasteiger partial charge in [0.15, 0.2) is 6.61 Å². The molecule has 0 unspecified atom stereocenters. The molecule has 0 aliphatic carbocycles. The lowest BCUT2D eigenvalue weighted by atomic mass is 10.1. The van der Waals surface area contributed by atoms with Gasteiger partial charge in [0.25, 0.3) is 5.91 Å². The molecule has 0 saturated carbocycles. The number of aryl methyl sites for hydroxylation is 1. The summed E-state index contributed by atoms with van der Waals surface area (Å²) in [6.45, 7) is 3.80. The lowest BCUT2D eigenvalue weighted by molar-refractivity contribution is -0.123. The molecule has 0 atom stereocenters. The topological polar surface area (TPSA) is 77.0 Å². The molecule has 3 aromatic carbocycles. The minimum Gasteiger partial charge on any atom is -0.483 e. The van der Waals surface area contributed by atoms with E-state index in [4.69, 9.17) is 9.47 Å². The van der Waals surface area contributed by atoms with Gasteiger partial charge in [-0.15, -0.1) is 0 Å². The van der Waals surface area contributed by atoms with Crippen molar-refractivity contribution in [1.82, 2.24) is 5.43 Å². The molecule has 0 aliphatic heterocycles. The third-order valence-electron chi connectivity index (χ3n) is 4.42. The quantitative estimate of drug-likeness (QED) is 0.280. The van der Waals surface area contributed by atoms with Gasteiger partial charge in [-0.3, -0.25) is 4.79 Å². The molecule has 0 spiro atoms. The zero-order chi connectivity index (χ0) is 21.3. The van der Waals surface area contributed by atoms with Crippen LogP contribution in [0.15, 0.2) is 77.9 Å². The number of esters is 1. The fourth-order valence-electron chi connectivity index (χ4n) is 2.60. The Morgan fingerprint density at radius 1 is 0.933 bits per heavy atom. The lowest BCUT2D eigenvalue weighted by Gasteiger charge is -2.09. The van der Waals surface area contributed by atoms with Crippen LogP contribution in [0, 0.1) is 13.8 Å². The summed E-state index contributed by atoms with van der Waals surface area (Å²) in [7, 11) is 0. The van der Waals surface area contributed by atoms with Crippen molar-refractivity contribution in [1.29, 1.82) is 0 Å². The van der Waals surface area contributed by atoms with E-state index >= 15 is 0 Å². The standard InChI is InChI=1S/C24H22N2O4/c1-17-7-6-10-22(18(17)2)29-16-23(27)26-25-15-19-11-13-21(14-12-19)30-24(28)20-8-4-3-5-9-20/h3-15H,16H2,1-2H3,(H,26,27)/b25-15+. The van der Waals surface area contributed by atoms with Crippen LogP contribution in [-0.2, 0) is 4.79 Å². The van der Waals surface area contributed by atoms with Crippen molar-refractivity contribution in [3.8, 4) is 11.5 Å². The normalized spacial score (nSPS) is 10.6. The van der Waals surface area contributed by atoms with Gasteiger partial charge in [-0.05, 0) is 73.0 Å². The number of hydrogen-bond acceptors (Lipinski definition) is 5. The van der Waals surface area contributed by atoms with E-state index in [9.17, 15) is 9.59 Å². The Morgan fingerprint density at radius 3 is 2.40 bits per heavy atom. The number of amides is 1. The Labute approximate surface area is 175 Å². The zero-order valence-electron chi connectivity index (χ0n) is 16.8. The second kappa shape index (κ2) is 10.0. The zero-order valence-corrected chi connectivity index (χ0v) is 16.8. The molecule has 0 aliphatic rings. The fourth-order valence-corrected chi connectivity index (χ4v) is 2.60. The Bertz CT molecular complexity index is 1040. The van der Waals surface area contributed by atoms with E-state index in [1.807, 2.05) is 38.1 Å². The molecule has 0 saturated heterocycles. The first-order valence-electron chi connectivity index (χ1n) is 9.41. The number of benzene rings is 3. The fraction of sp³-hybridized carbons (Fsp3) is 0.125. The number of hydrazone groups is 1. The molecule has 6 nitrogen and oxygen atoms in total. The van der Waals surface area contributed by atoms with Gasteiger partial charge < -0.3 is 9.47 Å². The third-order valence-corrected chi connectivity index (χ3v) is 4.42. The molecule has 0 radical (unpaired) electrons. The lowest BCUT2D eigenvalue weighted by Crippen LogP contribution is -2.24. The molecule has 0 fully saturated rings. The molecule has 0 aromatic heterocycles. The molecule has 6 heteroatoms. The number of rotatable bonds is 7. The van der Waals surface area contributed by atoms with Gasteiger partial charge in [-0.1, -0.05) is 30.3 Å². The molecule has 1 amide bonds. The number of carbonyl (C=O) groups is 2. The average molecular weight is 402 g/mol. The number of nitrogens with zero attached hydrogens (tertiary/aromatic N) is 1. The number of hydrogen-bond donors (Lipinski definition) is 1. The Morgan fingerprint density at radius 2 is 1.67 bits per heavy atom. The van der Waals surface area contributed by atoms with E-state index in [1.54, 1.807) is 48.5 Å². The van der Waals surface area contributed by atoms with Crippen LogP contribution in [0.3, 0.4) is 0 Å². The molecular weight excluding hydrogens is 380 g/mol. The summed E-state index contributed by atoms with van der Waals surface area (Å²) < 4.78 is 10.9. The van der Waals surface area contributed by atoms with E-state index in [0.29, 0.717) is 17.1 Å². The predicted molar refractivity (Wildman–Crippen MR) is 115 cm³/mol. The molecule has 0 heterocycles. The van der Waals surface area contributed by atoms with E-state index in [0.717, 1.165) is 16.7 Å². The Balaban J connectivity index is 1.47. The highest BCUT2D eigenvalue weighted by Crippen LogP contribution is 2.20. The van der Waals surface area contributed by atoms with Crippen molar-refractivity contribution >= 4 is 18.1 Å². The highest BCUT2D eigenvalue weighted by molar-refractivity contribution is 5.91. The maximum atomic E-state index is 12.0. The molecule has 1 N–H and O–H groups in total. The van der Waals surface area contributed by atoms with Crippen molar-refractivity contribution in [3.63, 3.8) is 0 Å². The monoisotopic (exact) mass is 402 g/mol. The summed E-state index contributed by atoms with van der Waals surface area (Å²) in [5, 5.41) is 3.92. The van der Waals surface area contributed by atoms with Crippen LogP contribution < -0.4 is 14.9 Å². The molecular formula is C24H22N2O4. The first-order chi connectivity index (χ1) is 14.5. The van der Waals surface area contributed by atoms with Gasteiger partial charge in [0.1, 0.15) is 11.5 Å². The van der Waals surface area contributed by atoms with Gasteiger partial charge in [0.2, 0.25) is 0 Å². The van der Waals surface area contributed by atoms with Crippen LogP contribution in [0.1, 0.15) is 27.0 Å². The maximum Gasteiger partial charge on any atom is 0.343 e. The van der Waals surface area contributed by atoms with Crippen molar-refractivity contribution in [2.75, 3.05) is 6.61 Å². The Kier molecular flexibility index (Phi) is 6.95. The van der Waals surface area contributed by atoms with Crippen molar-refractivity contribution in [3.05, 3.63) is 95.1 Å². The number of ether oxygens (including phenoxy) is 2. The van der Waals surface area contributed by atoms with Crippen LogP contribution in [0.2, 0.25) is 0 Å². The van der Waals surface area contributed by atoms with Crippen LogP contribution in [0.25, 0.3) is 0 Å². The highest BCUT2D eigenvalue weighted by Gasteiger charge is 2.07. The highest BCUT2D eigenvalue weighted by atomic mass is 16.5. The largest absolute Gasteiger partial charge is 0.483 e. The molecule has 30 heavy (non-hydrogen) atoms. The van der Waals surface area contributed by atoms with Gasteiger partial charge in [0, 0.05) is 0 Å². The first kappa shape index (κ1) is 20.8. The predicted octanol–water partition coefficient (Wildman–Crippen LogP) is 4.05. The van der Waals surface area contributed by atoms with Crippen molar-refractivity contribution < 1.29 is 19.1 Å². The van der Waals surface area contributed by atoms with E-state index < -0.39 is 5.97 Å². The first-order valence-corrected chi connectivity index (χ1v) is 9.41. The molecule has 3 aromatic rings. The van der Waals surface area contributed by atoms with Gasteiger partial charge in [-0.25, -0.2) is 10.2 Å². The SMILES string of the molecule is Cc1cccc(OCC(=O)N/N=C/c2ccc(OC(=O)c3ccccc3)cc2)c1C. The van der Waals surface area contributed by atoms with Crippen molar-refractivity contribution in [2.24, 2.45) is 5.10 Å². The summed E-state index contributed by atoms with van der Waals surface area (Å²) in [6, 6.07) is 21.2. The second-order valence-electron chi connectivity index (χ2n) is 6.60. The summed E-state index contributed by atoms with van der Waals surface area (Å²) >= 11 is 0. The Hall–Kier alpha value is -3.93. The maximum absolute atomic E-state index is 12.0. The summed E-state index contributed by atoms with van der Waals surface area (Å²) in [5.74, 6) is 0.315. The average Bonchev–Trinajstić information content (AvgIpc) is 2.76.